The molecule has 0 aliphatic carbocycles. The van der Waals surface area contributed by atoms with Crippen molar-refractivity contribution in [3.8, 4) is 0 Å². The fraction of sp³-hybridized carbons (Fsp3) is 0.632. The summed E-state index contributed by atoms with van der Waals surface area (Å²) in [6.45, 7) is 13.9. The number of aromatic nitrogens is 3. The molecule has 0 radical (unpaired) electrons. The first-order chi connectivity index (χ1) is 12.5. The topological polar surface area (TPSA) is 67.1 Å². The lowest BCUT2D eigenvalue weighted by molar-refractivity contribution is 0.567. The van der Waals surface area contributed by atoms with Crippen molar-refractivity contribution < 1.29 is 0 Å². The van der Waals surface area contributed by atoms with Crippen LogP contribution in [0.25, 0.3) is 0 Å². The van der Waals surface area contributed by atoms with Crippen molar-refractivity contribution in [1.82, 2.24) is 25.4 Å². The summed E-state index contributed by atoms with van der Waals surface area (Å²) in [6.07, 6.45) is 2.92. The first-order valence-electron chi connectivity index (χ1n) is 9.51. The van der Waals surface area contributed by atoms with E-state index in [2.05, 4.69) is 59.2 Å². The molecule has 0 aromatic carbocycles. The quantitative estimate of drug-likeness (QED) is 0.401. The van der Waals surface area contributed by atoms with Gasteiger partial charge in [0.15, 0.2) is 5.96 Å². The maximum absolute atomic E-state index is 4.70. The molecule has 0 saturated heterocycles. The molecule has 0 spiro atoms. The van der Waals surface area contributed by atoms with Crippen LogP contribution in [-0.4, -0.2) is 40.4 Å². The molecule has 0 fully saturated rings. The lowest BCUT2D eigenvalue weighted by atomic mass is 10.3. The molecular weight excluding hydrogens is 344 g/mol. The van der Waals surface area contributed by atoms with Gasteiger partial charge in [-0.15, -0.1) is 11.3 Å². The number of aliphatic imine (C=N–C) groups is 1. The van der Waals surface area contributed by atoms with Gasteiger partial charge in [-0.3, -0.25) is 9.67 Å². The Kier molecular flexibility index (Phi) is 8.09. The average molecular weight is 377 g/mol. The number of hydrogen-bond donors (Lipinski definition) is 2. The van der Waals surface area contributed by atoms with Gasteiger partial charge in [-0.25, -0.2) is 4.98 Å². The number of hydrogen-bond acceptors (Lipinski definition) is 4. The smallest absolute Gasteiger partial charge is 0.191 e. The minimum atomic E-state index is 0.782. The van der Waals surface area contributed by atoms with Crippen molar-refractivity contribution in [1.29, 1.82) is 0 Å². The zero-order valence-electron chi connectivity index (χ0n) is 16.7. The zero-order chi connectivity index (χ0) is 18.9. The van der Waals surface area contributed by atoms with Crippen LogP contribution < -0.4 is 10.6 Å². The Bertz CT molecular complexity index is 716. The van der Waals surface area contributed by atoms with Gasteiger partial charge in [0, 0.05) is 43.2 Å². The second-order valence-corrected chi connectivity index (χ2v) is 7.69. The van der Waals surface area contributed by atoms with E-state index >= 15 is 0 Å². The highest BCUT2D eigenvalue weighted by Crippen LogP contribution is 2.17. The predicted octanol–water partition coefficient (Wildman–Crippen LogP) is 3.02. The summed E-state index contributed by atoms with van der Waals surface area (Å²) < 4.78 is 2.06. The van der Waals surface area contributed by atoms with E-state index in [9.17, 15) is 0 Å². The summed E-state index contributed by atoms with van der Waals surface area (Å²) in [7, 11) is 0. The van der Waals surface area contributed by atoms with E-state index in [0.717, 1.165) is 57.1 Å². The SMILES string of the molecule is CCNC(=NCCCn1nc(C)cc1C)NCCc1nc(CC)c(C)s1. The monoisotopic (exact) mass is 376 g/mol. The van der Waals surface area contributed by atoms with Gasteiger partial charge in [-0.1, -0.05) is 6.92 Å². The molecule has 7 heteroatoms. The molecule has 2 heterocycles. The van der Waals surface area contributed by atoms with E-state index in [4.69, 9.17) is 4.98 Å². The average Bonchev–Trinajstić information content (AvgIpc) is 3.12. The van der Waals surface area contributed by atoms with Gasteiger partial charge in [0.25, 0.3) is 0 Å². The minimum Gasteiger partial charge on any atom is -0.357 e. The Morgan fingerprint density at radius 2 is 2.04 bits per heavy atom. The third kappa shape index (κ3) is 6.12. The Labute approximate surface area is 161 Å². The fourth-order valence-electron chi connectivity index (χ4n) is 2.86. The van der Waals surface area contributed by atoms with Crippen LogP contribution in [-0.2, 0) is 19.4 Å². The van der Waals surface area contributed by atoms with Crippen molar-refractivity contribution in [2.45, 2.75) is 60.4 Å². The number of thiazole rings is 1. The van der Waals surface area contributed by atoms with Crippen molar-refractivity contribution in [3.63, 3.8) is 0 Å². The van der Waals surface area contributed by atoms with Crippen LogP contribution >= 0.6 is 11.3 Å². The molecule has 0 aliphatic heterocycles. The standard InChI is InChI=1S/C19H32N6S/c1-6-17-16(5)26-18(23-17)9-11-22-19(20-7-2)21-10-8-12-25-15(4)13-14(3)24-25/h13H,6-12H2,1-5H3,(H2,20,21,22). The van der Waals surface area contributed by atoms with Crippen LogP contribution in [0.4, 0.5) is 0 Å². The largest absolute Gasteiger partial charge is 0.357 e. The van der Waals surface area contributed by atoms with E-state index in [-0.39, 0.29) is 0 Å². The fourth-order valence-corrected chi connectivity index (χ4v) is 3.89. The van der Waals surface area contributed by atoms with Gasteiger partial charge >= 0.3 is 0 Å². The van der Waals surface area contributed by atoms with Gasteiger partial charge in [0.2, 0.25) is 0 Å². The third-order valence-electron chi connectivity index (χ3n) is 4.15. The van der Waals surface area contributed by atoms with Crippen LogP contribution in [0.2, 0.25) is 0 Å². The maximum atomic E-state index is 4.70. The van der Waals surface area contributed by atoms with Crippen molar-refractivity contribution in [2.75, 3.05) is 19.6 Å². The normalized spacial score (nSPS) is 11.8. The summed E-state index contributed by atoms with van der Waals surface area (Å²) in [5, 5.41) is 12.4. The summed E-state index contributed by atoms with van der Waals surface area (Å²) in [5.41, 5.74) is 3.51. The van der Waals surface area contributed by atoms with Crippen LogP contribution in [0, 0.1) is 20.8 Å². The van der Waals surface area contributed by atoms with Crippen molar-refractivity contribution in [3.05, 3.63) is 33.0 Å². The van der Waals surface area contributed by atoms with E-state index in [1.165, 1.54) is 21.3 Å². The van der Waals surface area contributed by atoms with Crippen molar-refractivity contribution in [2.24, 2.45) is 4.99 Å². The number of rotatable bonds is 9. The Hall–Kier alpha value is -1.89. The van der Waals surface area contributed by atoms with Gasteiger partial charge in [0.05, 0.1) is 16.4 Å². The Morgan fingerprint density at radius 3 is 2.65 bits per heavy atom. The number of aryl methyl sites for hydroxylation is 5. The molecule has 0 unspecified atom stereocenters. The highest BCUT2D eigenvalue weighted by Gasteiger charge is 2.06. The molecule has 0 saturated carbocycles. The molecule has 2 aromatic rings. The predicted molar refractivity (Wildman–Crippen MR) is 110 cm³/mol. The number of nitrogens with one attached hydrogen (secondary N) is 2. The zero-order valence-corrected chi connectivity index (χ0v) is 17.5. The van der Waals surface area contributed by atoms with Crippen LogP contribution in [0.1, 0.15) is 47.2 Å². The number of guanidine groups is 1. The highest BCUT2D eigenvalue weighted by molar-refractivity contribution is 7.11. The van der Waals surface area contributed by atoms with Crippen LogP contribution in [0.5, 0.6) is 0 Å². The van der Waals surface area contributed by atoms with Gasteiger partial charge in [-0.05, 0) is 46.6 Å². The number of nitrogens with zero attached hydrogens (tertiary/aromatic N) is 4. The highest BCUT2D eigenvalue weighted by atomic mass is 32.1. The summed E-state index contributed by atoms with van der Waals surface area (Å²) in [4.78, 5) is 10.7. The Morgan fingerprint density at radius 1 is 1.23 bits per heavy atom. The summed E-state index contributed by atoms with van der Waals surface area (Å²) >= 11 is 1.81. The molecular formula is C19H32N6S. The van der Waals surface area contributed by atoms with E-state index in [1.807, 2.05) is 6.92 Å². The molecule has 0 atom stereocenters. The first-order valence-corrected chi connectivity index (χ1v) is 10.3. The molecule has 2 N–H and O–H groups in total. The molecule has 0 aliphatic rings. The van der Waals surface area contributed by atoms with Gasteiger partial charge in [-0.2, -0.15) is 5.10 Å². The summed E-state index contributed by atoms with van der Waals surface area (Å²) in [6, 6.07) is 2.11. The van der Waals surface area contributed by atoms with E-state index in [1.54, 1.807) is 11.3 Å². The van der Waals surface area contributed by atoms with Crippen LogP contribution in [0.15, 0.2) is 11.1 Å². The third-order valence-corrected chi connectivity index (χ3v) is 5.22. The second kappa shape index (κ2) is 10.3. The van der Waals surface area contributed by atoms with Gasteiger partial charge < -0.3 is 10.6 Å². The lowest BCUT2D eigenvalue weighted by Crippen LogP contribution is -2.38. The molecule has 0 bridgehead atoms. The molecule has 2 aromatic heterocycles. The lowest BCUT2D eigenvalue weighted by Gasteiger charge is -2.10. The molecule has 0 amide bonds. The van der Waals surface area contributed by atoms with Crippen molar-refractivity contribution >= 4 is 17.3 Å². The van der Waals surface area contributed by atoms with E-state index < -0.39 is 0 Å². The van der Waals surface area contributed by atoms with Gasteiger partial charge in [0.1, 0.15) is 0 Å². The second-order valence-electron chi connectivity index (χ2n) is 6.41. The van der Waals surface area contributed by atoms with Crippen LogP contribution in [0.3, 0.4) is 0 Å². The molecule has 144 valence electrons. The Balaban J connectivity index is 1.77. The molecule has 2 rings (SSSR count). The minimum absolute atomic E-state index is 0.782. The van der Waals surface area contributed by atoms with E-state index in [0.29, 0.717) is 0 Å². The molecule has 26 heavy (non-hydrogen) atoms. The molecule has 6 nitrogen and oxygen atoms in total. The maximum Gasteiger partial charge on any atom is 0.191 e. The first kappa shape index (κ1) is 20.4. The summed E-state index contributed by atoms with van der Waals surface area (Å²) in [5.74, 6) is 0.880.